The standard InChI is InChI=1S/C20H22ClN3O4S/c1-13(14-6-8-17(9-7-14)29(22,27)28)23-20(26)16-10-19(25)24(12-16)11-15-4-2-3-5-18(15)21/h2-9,13,16H,10-12H2,1H3,(H,23,26)(H2,22,27,28)/t13-,16-/m1/s1. The Morgan fingerprint density at radius 2 is 1.90 bits per heavy atom. The maximum Gasteiger partial charge on any atom is 0.238 e. The summed E-state index contributed by atoms with van der Waals surface area (Å²) in [5.74, 6) is -0.755. The molecule has 154 valence electrons. The van der Waals surface area contributed by atoms with Crippen molar-refractivity contribution in [3.05, 3.63) is 64.7 Å². The number of benzene rings is 2. The van der Waals surface area contributed by atoms with Crippen molar-refractivity contribution in [2.45, 2.75) is 30.8 Å². The zero-order valence-electron chi connectivity index (χ0n) is 15.8. The minimum Gasteiger partial charge on any atom is -0.349 e. The minimum absolute atomic E-state index is 0.0105. The van der Waals surface area contributed by atoms with Gasteiger partial charge in [0.15, 0.2) is 0 Å². The van der Waals surface area contributed by atoms with Gasteiger partial charge in [-0.1, -0.05) is 41.9 Å². The molecule has 1 heterocycles. The van der Waals surface area contributed by atoms with E-state index in [1.54, 1.807) is 30.0 Å². The number of sulfonamides is 1. The van der Waals surface area contributed by atoms with Crippen molar-refractivity contribution >= 4 is 33.4 Å². The molecule has 0 aromatic heterocycles. The van der Waals surface area contributed by atoms with Crippen molar-refractivity contribution in [2.24, 2.45) is 11.1 Å². The third-order valence-corrected chi connectivity index (χ3v) is 6.27. The summed E-state index contributed by atoms with van der Waals surface area (Å²) >= 11 is 6.16. The molecular weight excluding hydrogens is 414 g/mol. The second kappa shape index (κ2) is 8.52. The molecule has 1 aliphatic rings. The first-order valence-electron chi connectivity index (χ1n) is 9.09. The summed E-state index contributed by atoms with van der Waals surface area (Å²) < 4.78 is 22.7. The Morgan fingerprint density at radius 1 is 1.24 bits per heavy atom. The van der Waals surface area contributed by atoms with E-state index in [1.807, 2.05) is 18.2 Å². The smallest absolute Gasteiger partial charge is 0.238 e. The van der Waals surface area contributed by atoms with E-state index in [1.165, 1.54) is 12.1 Å². The number of hydrogen-bond donors (Lipinski definition) is 2. The van der Waals surface area contributed by atoms with Gasteiger partial charge in [0.05, 0.1) is 16.9 Å². The highest BCUT2D eigenvalue weighted by molar-refractivity contribution is 7.89. The fraction of sp³-hybridized carbons (Fsp3) is 0.300. The van der Waals surface area contributed by atoms with Gasteiger partial charge in [-0.05, 0) is 36.2 Å². The molecule has 0 aliphatic carbocycles. The Hall–Kier alpha value is -2.42. The van der Waals surface area contributed by atoms with E-state index in [-0.39, 0.29) is 29.2 Å². The van der Waals surface area contributed by atoms with Crippen molar-refractivity contribution in [3.8, 4) is 0 Å². The molecule has 2 aromatic rings. The number of rotatable bonds is 6. The fourth-order valence-electron chi connectivity index (χ4n) is 3.29. The van der Waals surface area contributed by atoms with Gasteiger partial charge in [-0.2, -0.15) is 0 Å². The Balaban J connectivity index is 1.61. The third-order valence-electron chi connectivity index (χ3n) is 4.97. The molecule has 2 aromatic carbocycles. The van der Waals surface area contributed by atoms with E-state index in [0.717, 1.165) is 11.1 Å². The summed E-state index contributed by atoms with van der Waals surface area (Å²) in [6.45, 7) is 2.49. The lowest BCUT2D eigenvalue weighted by Gasteiger charge is -2.19. The van der Waals surface area contributed by atoms with E-state index in [0.29, 0.717) is 18.1 Å². The fourth-order valence-corrected chi connectivity index (χ4v) is 4.00. The largest absolute Gasteiger partial charge is 0.349 e. The van der Waals surface area contributed by atoms with Gasteiger partial charge in [-0.3, -0.25) is 9.59 Å². The summed E-state index contributed by atoms with van der Waals surface area (Å²) in [7, 11) is -3.76. The summed E-state index contributed by atoms with van der Waals surface area (Å²) in [5.41, 5.74) is 1.58. The second-order valence-electron chi connectivity index (χ2n) is 7.11. The number of hydrogen-bond acceptors (Lipinski definition) is 4. The number of likely N-dealkylation sites (tertiary alicyclic amines) is 1. The normalized spacial score (nSPS) is 18.0. The lowest BCUT2D eigenvalue weighted by Crippen LogP contribution is -2.34. The van der Waals surface area contributed by atoms with Crippen LogP contribution in [0.25, 0.3) is 0 Å². The van der Waals surface area contributed by atoms with E-state index in [9.17, 15) is 18.0 Å². The lowest BCUT2D eigenvalue weighted by atomic mass is 10.1. The van der Waals surface area contributed by atoms with Crippen LogP contribution in [0.5, 0.6) is 0 Å². The van der Waals surface area contributed by atoms with E-state index < -0.39 is 15.9 Å². The average molecular weight is 436 g/mol. The molecule has 0 radical (unpaired) electrons. The number of carbonyl (C=O) groups is 2. The molecule has 29 heavy (non-hydrogen) atoms. The zero-order chi connectivity index (χ0) is 21.2. The van der Waals surface area contributed by atoms with Crippen LogP contribution in [0.1, 0.15) is 30.5 Å². The van der Waals surface area contributed by atoms with Crippen molar-refractivity contribution in [1.82, 2.24) is 10.2 Å². The highest BCUT2D eigenvalue weighted by Crippen LogP contribution is 2.24. The molecular formula is C20H22ClN3O4S. The topological polar surface area (TPSA) is 110 Å². The van der Waals surface area contributed by atoms with Crippen molar-refractivity contribution < 1.29 is 18.0 Å². The quantitative estimate of drug-likeness (QED) is 0.724. The average Bonchev–Trinajstić information content (AvgIpc) is 3.03. The van der Waals surface area contributed by atoms with Gasteiger partial charge >= 0.3 is 0 Å². The number of halogens is 1. The molecule has 1 aliphatic heterocycles. The molecule has 1 saturated heterocycles. The molecule has 3 rings (SSSR count). The summed E-state index contributed by atoms with van der Waals surface area (Å²) in [6.07, 6.45) is 0.146. The maximum absolute atomic E-state index is 12.6. The SMILES string of the molecule is C[C@@H](NC(=O)[C@@H]1CC(=O)N(Cc2ccccc2Cl)C1)c1ccc(S(N)(=O)=O)cc1. The van der Waals surface area contributed by atoms with Gasteiger partial charge < -0.3 is 10.2 Å². The number of primary sulfonamides is 1. The van der Waals surface area contributed by atoms with Gasteiger partial charge in [-0.25, -0.2) is 13.6 Å². The van der Waals surface area contributed by atoms with Crippen molar-refractivity contribution in [1.29, 1.82) is 0 Å². The van der Waals surface area contributed by atoms with Crippen LogP contribution in [-0.2, 0) is 26.2 Å². The molecule has 0 spiro atoms. The number of nitrogens with zero attached hydrogens (tertiary/aromatic N) is 1. The first-order chi connectivity index (χ1) is 13.6. The molecule has 0 bridgehead atoms. The molecule has 2 atom stereocenters. The Morgan fingerprint density at radius 3 is 2.52 bits per heavy atom. The first-order valence-corrected chi connectivity index (χ1v) is 11.0. The van der Waals surface area contributed by atoms with Crippen LogP contribution in [0.4, 0.5) is 0 Å². The monoisotopic (exact) mass is 435 g/mol. The molecule has 1 fully saturated rings. The van der Waals surface area contributed by atoms with Gasteiger partial charge in [-0.15, -0.1) is 0 Å². The van der Waals surface area contributed by atoms with Crippen molar-refractivity contribution in [3.63, 3.8) is 0 Å². The summed E-state index contributed by atoms with van der Waals surface area (Å²) in [6, 6.07) is 13.0. The second-order valence-corrected chi connectivity index (χ2v) is 9.08. The Bertz CT molecular complexity index is 1020. The predicted molar refractivity (Wildman–Crippen MR) is 109 cm³/mol. The Kier molecular flexibility index (Phi) is 6.26. The molecule has 0 saturated carbocycles. The first kappa shape index (κ1) is 21.3. The maximum atomic E-state index is 12.6. The van der Waals surface area contributed by atoms with Crippen LogP contribution in [-0.4, -0.2) is 31.7 Å². The lowest BCUT2D eigenvalue weighted by molar-refractivity contribution is -0.129. The minimum atomic E-state index is -3.76. The predicted octanol–water partition coefficient (Wildman–Crippen LogP) is 2.21. The third kappa shape index (κ3) is 5.14. The molecule has 7 nitrogen and oxygen atoms in total. The van der Waals surface area contributed by atoms with E-state index in [2.05, 4.69) is 5.32 Å². The highest BCUT2D eigenvalue weighted by atomic mass is 35.5. The van der Waals surface area contributed by atoms with E-state index in [4.69, 9.17) is 16.7 Å². The Labute approximate surface area is 174 Å². The van der Waals surface area contributed by atoms with Gasteiger partial charge in [0.1, 0.15) is 0 Å². The number of amides is 2. The van der Waals surface area contributed by atoms with Crippen LogP contribution in [0.15, 0.2) is 53.4 Å². The number of nitrogens with two attached hydrogens (primary N) is 1. The zero-order valence-corrected chi connectivity index (χ0v) is 17.4. The van der Waals surface area contributed by atoms with Crippen molar-refractivity contribution in [2.75, 3.05) is 6.54 Å². The molecule has 9 heteroatoms. The van der Waals surface area contributed by atoms with Gasteiger partial charge in [0.25, 0.3) is 0 Å². The van der Waals surface area contributed by atoms with Gasteiger partial charge in [0.2, 0.25) is 21.8 Å². The van der Waals surface area contributed by atoms with Crippen LogP contribution >= 0.6 is 11.6 Å². The van der Waals surface area contributed by atoms with Crippen LogP contribution in [0.3, 0.4) is 0 Å². The van der Waals surface area contributed by atoms with Crippen LogP contribution < -0.4 is 10.5 Å². The van der Waals surface area contributed by atoms with Gasteiger partial charge in [0, 0.05) is 24.5 Å². The molecule has 3 N–H and O–H groups in total. The summed E-state index contributed by atoms with van der Waals surface area (Å²) in [4.78, 5) is 26.6. The van der Waals surface area contributed by atoms with E-state index >= 15 is 0 Å². The number of carbonyl (C=O) groups excluding carboxylic acids is 2. The highest BCUT2D eigenvalue weighted by Gasteiger charge is 2.35. The van der Waals surface area contributed by atoms with Crippen LogP contribution in [0, 0.1) is 5.92 Å². The molecule has 2 amide bonds. The van der Waals surface area contributed by atoms with Crippen LogP contribution in [0.2, 0.25) is 5.02 Å². The molecule has 0 unspecified atom stereocenters. The number of nitrogens with one attached hydrogen (secondary N) is 1. The summed E-state index contributed by atoms with van der Waals surface area (Å²) in [5, 5.41) is 8.57.